The number of carbonyl (C=O) groups is 1. The quantitative estimate of drug-likeness (QED) is 0.478. The molecule has 0 unspecified atom stereocenters. The van der Waals surface area contributed by atoms with Crippen LogP contribution in [0.2, 0.25) is 0 Å². The van der Waals surface area contributed by atoms with Crippen LogP contribution in [0.15, 0.2) is 36.5 Å². The Bertz CT molecular complexity index is 238. The third kappa shape index (κ3) is 3.74. The zero-order chi connectivity index (χ0) is 10.3. The molecule has 0 spiro atoms. The molecule has 0 saturated carbocycles. The zero-order valence-corrected chi connectivity index (χ0v) is 8.58. The average Bonchev–Trinajstić information content (AvgIpc) is 2.15. The number of hydrogen-bond acceptors (Lipinski definition) is 1. The van der Waals surface area contributed by atoms with Crippen molar-refractivity contribution < 1.29 is 4.79 Å². The molecule has 1 amide bonds. The molecule has 0 rings (SSSR count). The molecule has 0 heterocycles. The molecule has 72 valence electrons. The van der Waals surface area contributed by atoms with E-state index in [0.717, 1.165) is 0 Å². The topological polar surface area (TPSA) is 20.3 Å². The number of amides is 1. The van der Waals surface area contributed by atoms with Crippen LogP contribution in [0.25, 0.3) is 0 Å². The zero-order valence-electron chi connectivity index (χ0n) is 8.58. The lowest BCUT2D eigenvalue weighted by molar-refractivity contribution is -0.125. The van der Waals surface area contributed by atoms with Crippen molar-refractivity contribution in [2.24, 2.45) is 0 Å². The number of carbonyl (C=O) groups excluding carboxylic acids is 1. The van der Waals surface area contributed by atoms with Crippen molar-refractivity contribution in [3.05, 3.63) is 36.5 Å². The molecule has 2 heteroatoms. The highest BCUT2D eigenvalue weighted by Crippen LogP contribution is 2.02. The standard InChI is InChI=1S/C11H17NO/c1-5-8-10(9-6-2)11(13)12(4)7-3/h5-6,8-9H,1,7H2,2-4H3/b9-6-,10-8+. The van der Waals surface area contributed by atoms with Crippen LogP contribution in [0, 0.1) is 0 Å². The summed E-state index contributed by atoms with van der Waals surface area (Å²) in [6.45, 7) is 8.11. The molecule has 0 bridgehead atoms. The van der Waals surface area contributed by atoms with E-state index in [2.05, 4.69) is 6.58 Å². The molecule has 0 fully saturated rings. The SMILES string of the molecule is C=C/C=C(\C=C/C)C(=O)N(C)CC. The van der Waals surface area contributed by atoms with Gasteiger partial charge in [-0.05, 0) is 13.8 Å². The first-order valence-electron chi connectivity index (χ1n) is 4.38. The number of likely N-dealkylation sites (N-methyl/N-ethyl adjacent to an activating group) is 1. The van der Waals surface area contributed by atoms with Crippen LogP contribution in [0.4, 0.5) is 0 Å². The van der Waals surface area contributed by atoms with Gasteiger partial charge in [-0.3, -0.25) is 4.79 Å². The number of nitrogens with zero attached hydrogens (tertiary/aromatic N) is 1. The maximum atomic E-state index is 11.6. The van der Waals surface area contributed by atoms with Crippen LogP contribution >= 0.6 is 0 Å². The summed E-state index contributed by atoms with van der Waals surface area (Å²) in [6, 6.07) is 0. The molecular weight excluding hydrogens is 162 g/mol. The Kier molecular flexibility index (Phi) is 5.60. The van der Waals surface area contributed by atoms with Gasteiger partial charge in [0.25, 0.3) is 5.91 Å². The third-order valence-corrected chi connectivity index (χ3v) is 1.71. The molecule has 0 radical (unpaired) electrons. The molecular formula is C11H17NO. The van der Waals surface area contributed by atoms with Crippen molar-refractivity contribution in [3.8, 4) is 0 Å². The van der Waals surface area contributed by atoms with Gasteiger partial charge in [0.15, 0.2) is 0 Å². The molecule has 0 aliphatic rings. The van der Waals surface area contributed by atoms with E-state index in [1.165, 1.54) is 0 Å². The second-order valence-electron chi connectivity index (χ2n) is 2.68. The molecule has 0 aliphatic heterocycles. The summed E-state index contributed by atoms with van der Waals surface area (Å²) in [5, 5.41) is 0. The van der Waals surface area contributed by atoms with Crippen LogP contribution < -0.4 is 0 Å². The van der Waals surface area contributed by atoms with E-state index in [0.29, 0.717) is 12.1 Å². The number of rotatable bonds is 4. The minimum Gasteiger partial charge on any atom is -0.342 e. The van der Waals surface area contributed by atoms with Crippen molar-refractivity contribution in [1.29, 1.82) is 0 Å². The van der Waals surface area contributed by atoms with E-state index in [1.54, 1.807) is 30.2 Å². The molecule has 0 N–H and O–H groups in total. The first-order valence-corrected chi connectivity index (χ1v) is 4.38. The van der Waals surface area contributed by atoms with Gasteiger partial charge in [-0.25, -0.2) is 0 Å². The second-order valence-corrected chi connectivity index (χ2v) is 2.68. The fourth-order valence-corrected chi connectivity index (χ4v) is 0.869. The molecule has 0 aromatic carbocycles. The van der Waals surface area contributed by atoms with Crippen LogP contribution in [0.5, 0.6) is 0 Å². The summed E-state index contributed by atoms with van der Waals surface area (Å²) in [5.74, 6) is 0.0282. The van der Waals surface area contributed by atoms with Crippen molar-refractivity contribution in [1.82, 2.24) is 4.90 Å². The highest BCUT2D eigenvalue weighted by molar-refractivity contribution is 5.96. The van der Waals surface area contributed by atoms with Gasteiger partial charge in [0.05, 0.1) is 0 Å². The molecule has 0 aliphatic carbocycles. The summed E-state index contributed by atoms with van der Waals surface area (Å²) >= 11 is 0. The summed E-state index contributed by atoms with van der Waals surface area (Å²) in [4.78, 5) is 13.3. The van der Waals surface area contributed by atoms with E-state index in [4.69, 9.17) is 0 Å². The predicted octanol–water partition coefficient (Wildman–Crippen LogP) is 2.15. The van der Waals surface area contributed by atoms with Crippen LogP contribution in [0.1, 0.15) is 13.8 Å². The first kappa shape index (κ1) is 11.7. The van der Waals surface area contributed by atoms with Gasteiger partial charge in [-0.2, -0.15) is 0 Å². The summed E-state index contributed by atoms with van der Waals surface area (Å²) in [5.41, 5.74) is 0.668. The Morgan fingerprint density at radius 3 is 2.54 bits per heavy atom. The summed E-state index contributed by atoms with van der Waals surface area (Å²) in [6.07, 6.45) is 6.97. The van der Waals surface area contributed by atoms with Gasteiger partial charge in [0.1, 0.15) is 0 Å². The van der Waals surface area contributed by atoms with Gasteiger partial charge in [0, 0.05) is 19.2 Å². The van der Waals surface area contributed by atoms with E-state index in [-0.39, 0.29) is 5.91 Å². The lowest BCUT2D eigenvalue weighted by Gasteiger charge is -2.14. The van der Waals surface area contributed by atoms with Gasteiger partial charge >= 0.3 is 0 Å². The third-order valence-electron chi connectivity index (χ3n) is 1.71. The number of hydrogen-bond donors (Lipinski definition) is 0. The van der Waals surface area contributed by atoms with Crippen molar-refractivity contribution in [3.63, 3.8) is 0 Å². The number of allylic oxidation sites excluding steroid dienone is 3. The molecule has 13 heavy (non-hydrogen) atoms. The fraction of sp³-hybridized carbons (Fsp3) is 0.364. The lowest BCUT2D eigenvalue weighted by atomic mass is 10.2. The van der Waals surface area contributed by atoms with Crippen molar-refractivity contribution in [2.75, 3.05) is 13.6 Å². The Morgan fingerprint density at radius 2 is 2.15 bits per heavy atom. The van der Waals surface area contributed by atoms with E-state index in [9.17, 15) is 4.79 Å². The Labute approximate surface area is 80.2 Å². The van der Waals surface area contributed by atoms with Gasteiger partial charge in [-0.1, -0.05) is 30.9 Å². The summed E-state index contributed by atoms with van der Waals surface area (Å²) < 4.78 is 0. The lowest BCUT2D eigenvalue weighted by Crippen LogP contribution is -2.27. The molecule has 2 nitrogen and oxygen atoms in total. The van der Waals surface area contributed by atoms with Gasteiger partial charge in [0.2, 0.25) is 0 Å². The van der Waals surface area contributed by atoms with E-state index < -0.39 is 0 Å². The molecule has 0 saturated heterocycles. The molecule has 0 atom stereocenters. The Hall–Kier alpha value is -1.31. The molecule has 0 aromatic rings. The highest BCUT2D eigenvalue weighted by atomic mass is 16.2. The fourth-order valence-electron chi connectivity index (χ4n) is 0.869. The largest absolute Gasteiger partial charge is 0.342 e. The van der Waals surface area contributed by atoms with Crippen molar-refractivity contribution in [2.45, 2.75) is 13.8 Å². The van der Waals surface area contributed by atoms with E-state index in [1.807, 2.05) is 19.9 Å². The van der Waals surface area contributed by atoms with Crippen LogP contribution in [-0.2, 0) is 4.79 Å². The minimum atomic E-state index is 0.0282. The first-order chi connectivity index (χ1) is 6.17. The minimum absolute atomic E-state index is 0.0282. The predicted molar refractivity (Wildman–Crippen MR) is 56.4 cm³/mol. The maximum absolute atomic E-state index is 11.6. The monoisotopic (exact) mass is 179 g/mol. The van der Waals surface area contributed by atoms with Crippen molar-refractivity contribution >= 4 is 5.91 Å². The Balaban J connectivity index is 4.65. The smallest absolute Gasteiger partial charge is 0.253 e. The van der Waals surface area contributed by atoms with Gasteiger partial charge in [-0.15, -0.1) is 0 Å². The molecule has 0 aromatic heterocycles. The van der Waals surface area contributed by atoms with Crippen LogP contribution in [0.3, 0.4) is 0 Å². The van der Waals surface area contributed by atoms with Crippen LogP contribution in [-0.4, -0.2) is 24.4 Å². The Morgan fingerprint density at radius 1 is 1.54 bits per heavy atom. The van der Waals surface area contributed by atoms with E-state index >= 15 is 0 Å². The summed E-state index contributed by atoms with van der Waals surface area (Å²) in [7, 11) is 1.78. The highest BCUT2D eigenvalue weighted by Gasteiger charge is 2.08. The normalized spacial score (nSPS) is 11.8. The van der Waals surface area contributed by atoms with Gasteiger partial charge < -0.3 is 4.90 Å². The average molecular weight is 179 g/mol. The maximum Gasteiger partial charge on any atom is 0.253 e. The second kappa shape index (κ2) is 6.23.